The third-order valence-electron chi connectivity index (χ3n) is 7.71. The molecule has 0 radical (unpaired) electrons. The van der Waals surface area contributed by atoms with Crippen LogP contribution in [0.1, 0.15) is 41.0 Å². The highest BCUT2D eigenvalue weighted by molar-refractivity contribution is 7.70. The van der Waals surface area contributed by atoms with Gasteiger partial charge in [-0.2, -0.15) is 5.26 Å². The molecule has 0 spiro atoms. The Morgan fingerprint density at radius 3 is 2.78 bits per heavy atom. The molecule has 1 aliphatic carbocycles. The zero-order chi connectivity index (χ0) is 25.9. The van der Waals surface area contributed by atoms with Gasteiger partial charge in [-0.05, 0) is 80.4 Å². The number of hydrogen-bond acceptors (Lipinski definition) is 6. The van der Waals surface area contributed by atoms with Crippen molar-refractivity contribution in [1.82, 2.24) is 19.4 Å². The van der Waals surface area contributed by atoms with Gasteiger partial charge in [0.05, 0.1) is 23.0 Å². The van der Waals surface area contributed by atoms with Gasteiger partial charge in [-0.25, -0.2) is 9.97 Å². The highest BCUT2D eigenvalue weighted by Crippen LogP contribution is 2.42. The Hall–Kier alpha value is -3.46. The van der Waals surface area contributed by atoms with Crippen LogP contribution in [0, 0.1) is 11.3 Å². The minimum absolute atomic E-state index is 0.407. The van der Waals surface area contributed by atoms with Crippen molar-refractivity contribution in [3.63, 3.8) is 0 Å². The van der Waals surface area contributed by atoms with Gasteiger partial charge in [0.15, 0.2) is 0 Å². The third kappa shape index (κ3) is 4.15. The Morgan fingerprint density at radius 1 is 1.19 bits per heavy atom. The minimum atomic E-state index is -2.50. The van der Waals surface area contributed by atoms with E-state index in [-0.39, 0.29) is 0 Å². The van der Waals surface area contributed by atoms with E-state index in [4.69, 9.17) is 4.98 Å². The maximum atomic E-state index is 13.0. The van der Waals surface area contributed by atoms with E-state index in [1.807, 2.05) is 36.0 Å². The van der Waals surface area contributed by atoms with Gasteiger partial charge in [0.2, 0.25) is 5.95 Å². The van der Waals surface area contributed by atoms with Crippen LogP contribution in [-0.2, 0) is 24.6 Å². The van der Waals surface area contributed by atoms with Crippen molar-refractivity contribution < 1.29 is 4.57 Å². The smallest absolute Gasteiger partial charge is 0.227 e. The largest absolute Gasteiger partial charge is 0.349 e. The normalized spacial score (nSPS) is 17.4. The molecule has 1 N–H and O–H groups in total. The monoisotopic (exact) mass is 510 g/mol. The summed E-state index contributed by atoms with van der Waals surface area (Å²) >= 11 is 0. The lowest BCUT2D eigenvalue weighted by molar-refractivity contribution is 0.266. The lowest BCUT2D eigenvalue weighted by Gasteiger charge is -2.37. The molecule has 188 valence electrons. The molecule has 1 aliphatic heterocycles. The van der Waals surface area contributed by atoms with E-state index in [0.717, 1.165) is 47.0 Å². The molecule has 0 saturated carbocycles. The molecule has 2 aliphatic rings. The van der Waals surface area contributed by atoms with Crippen molar-refractivity contribution in [2.45, 2.75) is 31.7 Å². The molecule has 0 amide bonds. The van der Waals surface area contributed by atoms with E-state index in [9.17, 15) is 9.83 Å². The van der Waals surface area contributed by atoms with Crippen molar-refractivity contribution in [1.29, 1.82) is 5.26 Å². The molecular weight excluding hydrogens is 479 g/mol. The van der Waals surface area contributed by atoms with E-state index >= 15 is 0 Å². The Labute approximate surface area is 217 Å². The quantitative estimate of drug-likeness (QED) is 0.372. The number of likely N-dealkylation sites (N-methyl/N-ethyl adjacent to an activating group) is 1. The van der Waals surface area contributed by atoms with Gasteiger partial charge in [0.1, 0.15) is 13.2 Å². The van der Waals surface area contributed by atoms with E-state index < -0.39 is 7.14 Å². The van der Waals surface area contributed by atoms with Gasteiger partial charge in [-0.1, -0.05) is 12.1 Å². The summed E-state index contributed by atoms with van der Waals surface area (Å²) in [5.41, 5.74) is 8.08. The molecule has 7 nitrogen and oxygen atoms in total. The number of aryl methyl sites for hydroxylation is 2. The van der Waals surface area contributed by atoms with Gasteiger partial charge < -0.3 is 19.3 Å². The van der Waals surface area contributed by atoms with Crippen LogP contribution in [0.15, 0.2) is 42.7 Å². The molecule has 8 heteroatoms. The fraction of sp³-hybridized carbons (Fsp3) is 0.345. The van der Waals surface area contributed by atoms with Gasteiger partial charge in [-0.3, -0.25) is 0 Å². The van der Waals surface area contributed by atoms with Gasteiger partial charge in [0, 0.05) is 48.3 Å². The fourth-order valence-electron chi connectivity index (χ4n) is 6.24. The highest BCUT2D eigenvalue weighted by Gasteiger charge is 2.29. The number of anilines is 2. The first-order valence-electron chi connectivity index (χ1n) is 12.8. The van der Waals surface area contributed by atoms with Crippen LogP contribution >= 0.6 is 7.14 Å². The second-order valence-electron chi connectivity index (χ2n) is 10.9. The molecule has 0 fully saturated rings. The van der Waals surface area contributed by atoms with Crippen LogP contribution < -0.4 is 10.6 Å². The first-order valence-corrected chi connectivity index (χ1v) is 15.4. The number of nitrogens with one attached hydrogen (secondary N) is 1. The number of benzene rings is 2. The molecule has 2 aromatic heterocycles. The second-order valence-corrected chi connectivity index (χ2v) is 14.0. The number of nitriles is 1. The standard InChI is InChI=1S/C29H31N6OP/c1-34-15-19-8-5-7-18-11-22(12-20(16-34)26(18)19)32-29-31-14-21(13-30)27(33-29)24-17-35(2)28-23(24)9-6-10-25(28)37(3,4)36/h6,9-12,14,17,19H,5,7-8,15-16H2,1-4H3,(H,31,32,33). The van der Waals surface area contributed by atoms with Crippen LogP contribution in [0.3, 0.4) is 0 Å². The Balaban J connectivity index is 1.43. The third-order valence-corrected chi connectivity index (χ3v) is 9.23. The molecular formula is C29H31N6OP. The van der Waals surface area contributed by atoms with Crippen LogP contribution in [-0.4, -0.2) is 46.4 Å². The molecule has 1 unspecified atom stereocenters. The Kier molecular flexibility index (Phi) is 5.71. The van der Waals surface area contributed by atoms with Gasteiger partial charge >= 0.3 is 0 Å². The topological polar surface area (TPSA) is 86.8 Å². The Bertz CT molecular complexity index is 1640. The first-order chi connectivity index (χ1) is 17.7. The second kappa shape index (κ2) is 8.83. The fourth-order valence-corrected chi connectivity index (χ4v) is 7.47. The van der Waals surface area contributed by atoms with Gasteiger partial charge in [-0.15, -0.1) is 0 Å². The van der Waals surface area contributed by atoms with Crippen molar-refractivity contribution in [2.75, 3.05) is 32.2 Å². The summed E-state index contributed by atoms with van der Waals surface area (Å²) in [7, 11) is 1.64. The van der Waals surface area contributed by atoms with Crippen LogP contribution in [0.2, 0.25) is 0 Å². The molecule has 1 atom stereocenters. The van der Waals surface area contributed by atoms with Gasteiger partial charge in [0.25, 0.3) is 0 Å². The maximum Gasteiger partial charge on any atom is 0.227 e. The van der Waals surface area contributed by atoms with Crippen LogP contribution in [0.25, 0.3) is 22.2 Å². The van der Waals surface area contributed by atoms with Crippen molar-refractivity contribution in [3.8, 4) is 17.3 Å². The SMILES string of the molecule is CN1Cc2cc(Nc3ncc(C#N)c(-c4cn(C)c5c(P(C)(C)=O)cccc45)n3)cc3c2C(CCC3)C1. The zero-order valence-electron chi connectivity index (χ0n) is 21.7. The van der Waals surface area contributed by atoms with Crippen molar-refractivity contribution in [2.24, 2.45) is 7.05 Å². The maximum absolute atomic E-state index is 13.0. The molecule has 4 aromatic rings. The average Bonchev–Trinajstić information content (AvgIpc) is 3.19. The predicted molar refractivity (Wildman–Crippen MR) is 149 cm³/mol. The van der Waals surface area contributed by atoms with E-state index in [0.29, 0.717) is 23.1 Å². The van der Waals surface area contributed by atoms with E-state index in [2.05, 4.69) is 40.5 Å². The molecule has 6 rings (SSSR count). The average molecular weight is 511 g/mol. The Morgan fingerprint density at radius 2 is 2.00 bits per heavy atom. The van der Waals surface area contributed by atoms with Crippen LogP contribution in [0.5, 0.6) is 0 Å². The van der Waals surface area contributed by atoms with E-state index in [1.54, 1.807) is 25.1 Å². The molecule has 0 bridgehead atoms. The number of rotatable bonds is 4. The number of hydrogen-bond donors (Lipinski definition) is 1. The number of fused-ring (bicyclic) bond motifs is 1. The number of para-hydroxylation sites is 1. The summed E-state index contributed by atoms with van der Waals surface area (Å²) in [4.78, 5) is 11.7. The molecule has 3 heterocycles. The summed E-state index contributed by atoms with van der Waals surface area (Å²) in [5.74, 6) is 1.09. The van der Waals surface area contributed by atoms with Crippen LogP contribution in [0.4, 0.5) is 11.6 Å². The lowest BCUT2D eigenvalue weighted by atomic mass is 9.77. The number of aromatic nitrogens is 3. The first kappa shape index (κ1) is 23.9. The summed E-state index contributed by atoms with van der Waals surface area (Å²) in [6, 6.07) is 12.6. The predicted octanol–water partition coefficient (Wildman–Crippen LogP) is 5.36. The highest BCUT2D eigenvalue weighted by atomic mass is 31.2. The summed E-state index contributed by atoms with van der Waals surface area (Å²) in [6.07, 6.45) is 7.14. The summed E-state index contributed by atoms with van der Waals surface area (Å²) < 4.78 is 15.0. The lowest BCUT2D eigenvalue weighted by Crippen LogP contribution is -2.33. The molecule has 0 saturated heterocycles. The minimum Gasteiger partial charge on any atom is -0.349 e. The van der Waals surface area contributed by atoms with Crippen molar-refractivity contribution >= 4 is 35.0 Å². The van der Waals surface area contributed by atoms with E-state index in [1.165, 1.54) is 24.0 Å². The summed E-state index contributed by atoms with van der Waals surface area (Å²) in [6.45, 7) is 5.65. The molecule has 2 aromatic carbocycles. The van der Waals surface area contributed by atoms with Crippen molar-refractivity contribution in [3.05, 3.63) is 65.0 Å². The summed E-state index contributed by atoms with van der Waals surface area (Å²) in [5, 5.41) is 15.1. The molecule has 37 heavy (non-hydrogen) atoms. The zero-order valence-corrected chi connectivity index (χ0v) is 22.6. The number of nitrogens with zero attached hydrogens (tertiary/aromatic N) is 5.